The number of hydrogen-bond acceptors (Lipinski definition) is 3. The summed E-state index contributed by atoms with van der Waals surface area (Å²) in [5, 5.41) is 17.9. The van der Waals surface area contributed by atoms with E-state index >= 15 is 0 Å². The molecule has 1 N–H and O–H groups in total. The standard InChI is InChI=1S/C12H15NOS/c1-9-3-4-12(11(5-9)6-13)15-8-10(2)7-14/h3-5,10,14H,7-8H2,1-2H3. The van der Waals surface area contributed by atoms with Gasteiger partial charge in [-0.05, 0) is 30.5 Å². The van der Waals surface area contributed by atoms with Gasteiger partial charge in [0, 0.05) is 17.3 Å². The summed E-state index contributed by atoms with van der Waals surface area (Å²) in [7, 11) is 0. The van der Waals surface area contributed by atoms with Crippen LogP contribution in [0.15, 0.2) is 23.1 Å². The molecule has 0 fully saturated rings. The van der Waals surface area contributed by atoms with Crippen LogP contribution in [0.2, 0.25) is 0 Å². The summed E-state index contributed by atoms with van der Waals surface area (Å²) >= 11 is 1.63. The number of aliphatic hydroxyl groups is 1. The molecule has 1 rings (SSSR count). The predicted molar refractivity (Wildman–Crippen MR) is 62.9 cm³/mol. The Morgan fingerprint density at radius 2 is 2.27 bits per heavy atom. The average molecular weight is 221 g/mol. The molecule has 0 bridgehead atoms. The number of nitrogens with zero attached hydrogens (tertiary/aromatic N) is 1. The van der Waals surface area contributed by atoms with Crippen molar-refractivity contribution in [2.75, 3.05) is 12.4 Å². The molecule has 0 aliphatic carbocycles. The van der Waals surface area contributed by atoms with Crippen molar-refractivity contribution < 1.29 is 5.11 Å². The molecule has 2 nitrogen and oxygen atoms in total. The first-order valence-electron chi connectivity index (χ1n) is 4.91. The van der Waals surface area contributed by atoms with Gasteiger partial charge in [0.2, 0.25) is 0 Å². The van der Waals surface area contributed by atoms with Gasteiger partial charge in [-0.15, -0.1) is 11.8 Å². The second-order valence-electron chi connectivity index (χ2n) is 3.71. The van der Waals surface area contributed by atoms with E-state index in [9.17, 15) is 0 Å². The number of thioether (sulfide) groups is 1. The maximum atomic E-state index is 8.95. The van der Waals surface area contributed by atoms with Crippen LogP contribution in [0, 0.1) is 24.2 Å². The van der Waals surface area contributed by atoms with Crippen LogP contribution in [-0.2, 0) is 0 Å². The first-order valence-corrected chi connectivity index (χ1v) is 5.90. The summed E-state index contributed by atoms with van der Waals surface area (Å²) in [6.45, 7) is 4.17. The van der Waals surface area contributed by atoms with E-state index < -0.39 is 0 Å². The molecule has 0 saturated heterocycles. The zero-order valence-corrected chi connectivity index (χ0v) is 9.84. The van der Waals surface area contributed by atoms with Crippen LogP contribution in [0.4, 0.5) is 0 Å². The first kappa shape index (κ1) is 12.1. The normalized spacial score (nSPS) is 12.1. The maximum Gasteiger partial charge on any atom is 0.100 e. The lowest BCUT2D eigenvalue weighted by Crippen LogP contribution is -2.03. The number of benzene rings is 1. The summed E-state index contributed by atoms with van der Waals surface area (Å²) in [6.07, 6.45) is 0. The maximum absolute atomic E-state index is 8.95. The van der Waals surface area contributed by atoms with Crippen molar-refractivity contribution in [1.82, 2.24) is 0 Å². The minimum atomic E-state index is 0.195. The van der Waals surface area contributed by atoms with Crippen molar-refractivity contribution in [2.45, 2.75) is 18.7 Å². The molecule has 1 aromatic rings. The molecule has 0 aliphatic heterocycles. The van der Waals surface area contributed by atoms with Gasteiger partial charge in [-0.2, -0.15) is 5.26 Å². The van der Waals surface area contributed by atoms with Crippen LogP contribution >= 0.6 is 11.8 Å². The number of rotatable bonds is 4. The smallest absolute Gasteiger partial charge is 0.100 e. The van der Waals surface area contributed by atoms with Gasteiger partial charge in [-0.25, -0.2) is 0 Å². The zero-order valence-electron chi connectivity index (χ0n) is 9.03. The fraction of sp³-hybridized carbons (Fsp3) is 0.417. The topological polar surface area (TPSA) is 44.0 Å². The van der Waals surface area contributed by atoms with Crippen molar-refractivity contribution in [1.29, 1.82) is 5.26 Å². The summed E-state index contributed by atoms with van der Waals surface area (Å²) < 4.78 is 0. The highest BCUT2D eigenvalue weighted by molar-refractivity contribution is 7.99. The molecule has 0 amide bonds. The lowest BCUT2D eigenvalue weighted by atomic mass is 10.2. The minimum absolute atomic E-state index is 0.195. The summed E-state index contributed by atoms with van der Waals surface area (Å²) in [6, 6.07) is 8.07. The number of aryl methyl sites for hydroxylation is 1. The molecule has 1 atom stereocenters. The van der Waals surface area contributed by atoms with Crippen molar-refractivity contribution >= 4 is 11.8 Å². The van der Waals surface area contributed by atoms with Gasteiger partial charge in [-0.1, -0.05) is 13.0 Å². The number of aliphatic hydroxyl groups excluding tert-OH is 1. The molecule has 0 aliphatic rings. The molecule has 80 valence electrons. The lowest BCUT2D eigenvalue weighted by molar-refractivity contribution is 0.250. The van der Waals surface area contributed by atoms with Crippen LogP contribution in [0.5, 0.6) is 0 Å². The van der Waals surface area contributed by atoms with Crippen molar-refractivity contribution in [2.24, 2.45) is 5.92 Å². The van der Waals surface area contributed by atoms with Crippen LogP contribution in [-0.4, -0.2) is 17.5 Å². The average Bonchev–Trinajstić information content (AvgIpc) is 2.26. The monoisotopic (exact) mass is 221 g/mol. The van der Waals surface area contributed by atoms with Gasteiger partial charge >= 0.3 is 0 Å². The van der Waals surface area contributed by atoms with Gasteiger partial charge in [0.15, 0.2) is 0 Å². The van der Waals surface area contributed by atoms with E-state index in [-0.39, 0.29) is 12.5 Å². The second kappa shape index (κ2) is 5.79. The summed E-state index contributed by atoms with van der Waals surface area (Å²) in [4.78, 5) is 1.00. The highest BCUT2D eigenvalue weighted by Crippen LogP contribution is 2.25. The molecular weight excluding hydrogens is 206 g/mol. The predicted octanol–water partition coefficient (Wildman–Crippen LogP) is 2.59. The quantitative estimate of drug-likeness (QED) is 0.795. The molecule has 3 heteroatoms. The Labute approximate surface area is 94.9 Å². The van der Waals surface area contributed by atoms with Crippen LogP contribution in [0.1, 0.15) is 18.1 Å². The Kier molecular flexibility index (Phi) is 4.67. The molecule has 15 heavy (non-hydrogen) atoms. The van der Waals surface area contributed by atoms with E-state index in [0.717, 1.165) is 21.8 Å². The summed E-state index contributed by atoms with van der Waals surface area (Å²) in [5.74, 6) is 1.11. The zero-order chi connectivity index (χ0) is 11.3. The second-order valence-corrected chi connectivity index (χ2v) is 4.77. The Bertz CT molecular complexity index is 370. The van der Waals surface area contributed by atoms with E-state index in [4.69, 9.17) is 10.4 Å². The van der Waals surface area contributed by atoms with Crippen molar-refractivity contribution in [3.05, 3.63) is 29.3 Å². The highest BCUT2D eigenvalue weighted by Gasteiger charge is 2.05. The first-order chi connectivity index (χ1) is 7.17. The largest absolute Gasteiger partial charge is 0.396 e. The van der Waals surface area contributed by atoms with Crippen LogP contribution in [0.3, 0.4) is 0 Å². The molecular formula is C12H15NOS. The minimum Gasteiger partial charge on any atom is -0.396 e. The number of hydrogen-bond donors (Lipinski definition) is 1. The molecule has 0 saturated carbocycles. The van der Waals surface area contributed by atoms with Crippen LogP contribution < -0.4 is 0 Å². The lowest BCUT2D eigenvalue weighted by Gasteiger charge is -2.08. The van der Waals surface area contributed by atoms with Crippen molar-refractivity contribution in [3.63, 3.8) is 0 Å². The Balaban J connectivity index is 2.73. The fourth-order valence-corrected chi connectivity index (χ4v) is 2.14. The van der Waals surface area contributed by atoms with E-state index in [1.165, 1.54) is 0 Å². The highest BCUT2D eigenvalue weighted by atomic mass is 32.2. The molecule has 0 heterocycles. The van der Waals surface area contributed by atoms with Gasteiger partial charge in [0.1, 0.15) is 6.07 Å². The van der Waals surface area contributed by atoms with E-state index in [1.807, 2.05) is 32.0 Å². The van der Waals surface area contributed by atoms with E-state index in [1.54, 1.807) is 11.8 Å². The van der Waals surface area contributed by atoms with Gasteiger partial charge in [0.05, 0.1) is 5.56 Å². The molecule has 1 aromatic carbocycles. The SMILES string of the molecule is Cc1ccc(SCC(C)CO)c(C#N)c1. The van der Waals surface area contributed by atoms with Gasteiger partial charge in [-0.3, -0.25) is 0 Å². The fourth-order valence-electron chi connectivity index (χ4n) is 1.14. The van der Waals surface area contributed by atoms with E-state index in [0.29, 0.717) is 0 Å². The molecule has 1 unspecified atom stereocenters. The molecule has 0 spiro atoms. The van der Waals surface area contributed by atoms with Crippen LogP contribution in [0.25, 0.3) is 0 Å². The van der Waals surface area contributed by atoms with Gasteiger partial charge in [0.25, 0.3) is 0 Å². The Morgan fingerprint density at radius 1 is 1.53 bits per heavy atom. The Morgan fingerprint density at radius 3 is 2.87 bits per heavy atom. The Hall–Kier alpha value is -0.980. The van der Waals surface area contributed by atoms with Crippen molar-refractivity contribution in [3.8, 4) is 6.07 Å². The molecule has 0 radical (unpaired) electrons. The third-order valence-electron chi connectivity index (χ3n) is 2.09. The third-order valence-corrected chi connectivity index (χ3v) is 3.49. The van der Waals surface area contributed by atoms with E-state index in [2.05, 4.69) is 6.07 Å². The van der Waals surface area contributed by atoms with Gasteiger partial charge < -0.3 is 5.11 Å². The summed E-state index contributed by atoms with van der Waals surface area (Å²) in [5.41, 5.74) is 1.83. The third kappa shape index (κ3) is 3.58. The number of nitriles is 1. The molecule has 0 aromatic heterocycles.